The quantitative estimate of drug-likeness (QED) is 0.770. The van der Waals surface area contributed by atoms with Crippen LogP contribution in [-0.2, 0) is 6.54 Å². The molecule has 16 heavy (non-hydrogen) atoms. The normalized spacial score (nSPS) is 9.75. The molecule has 0 radical (unpaired) electrons. The fourth-order valence-corrected chi connectivity index (χ4v) is 1.46. The van der Waals surface area contributed by atoms with Gasteiger partial charge in [0, 0.05) is 24.2 Å². The van der Waals surface area contributed by atoms with E-state index in [1.54, 1.807) is 30.3 Å². The zero-order valence-corrected chi connectivity index (χ0v) is 8.79. The van der Waals surface area contributed by atoms with E-state index in [0.717, 1.165) is 5.56 Å². The third-order valence-corrected chi connectivity index (χ3v) is 2.20. The van der Waals surface area contributed by atoms with Crippen molar-refractivity contribution in [1.82, 2.24) is 14.5 Å². The van der Waals surface area contributed by atoms with Crippen LogP contribution in [0.5, 0.6) is 5.88 Å². The third kappa shape index (κ3) is 1.86. The van der Waals surface area contributed by atoms with Crippen molar-refractivity contribution in [1.29, 1.82) is 5.26 Å². The van der Waals surface area contributed by atoms with Gasteiger partial charge in [0.2, 0.25) is 11.7 Å². The molecule has 0 aliphatic heterocycles. The SMILES string of the molecule is COc1ncccc1Cn1ccnc1C#N. The number of pyridine rings is 1. The summed E-state index contributed by atoms with van der Waals surface area (Å²) in [5, 5.41) is 8.83. The van der Waals surface area contributed by atoms with Crippen molar-refractivity contribution in [2.75, 3.05) is 7.11 Å². The molecule has 0 saturated heterocycles. The number of imidazole rings is 1. The van der Waals surface area contributed by atoms with Crippen LogP contribution in [0.3, 0.4) is 0 Å². The van der Waals surface area contributed by atoms with Crippen LogP contribution in [0.1, 0.15) is 11.4 Å². The maximum Gasteiger partial charge on any atom is 0.218 e. The molecule has 0 N–H and O–H groups in total. The number of hydrogen-bond donors (Lipinski definition) is 0. The van der Waals surface area contributed by atoms with E-state index in [0.29, 0.717) is 18.2 Å². The van der Waals surface area contributed by atoms with Crippen LogP contribution in [-0.4, -0.2) is 21.6 Å². The highest BCUT2D eigenvalue weighted by Crippen LogP contribution is 2.15. The van der Waals surface area contributed by atoms with Crippen molar-refractivity contribution in [2.24, 2.45) is 0 Å². The summed E-state index contributed by atoms with van der Waals surface area (Å²) in [6, 6.07) is 5.77. The van der Waals surface area contributed by atoms with Gasteiger partial charge in [0.25, 0.3) is 0 Å². The van der Waals surface area contributed by atoms with E-state index in [-0.39, 0.29) is 0 Å². The molecule has 0 atom stereocenters. The maximum atomic E-state index is 8.83. The summed E-state index contributed by atoms with van der Waals surface area (Å²) in [5.41, 5.74) is 0.916. The minimum Gasteiger partial charge on any atom is -0.481 e. The molecule has 0 unspecified atom stereocenters. The van der Waals surface area contributed by atoms with Crippen molar-refractivity contribution in [3.05, 3.63) is 42.1 Å². The molecule has 2 rings (SSSR count). The van der Waals surface area contributed by atoms with Gasteiger partial charge in [0.05, 0.1) is 13.7 Å². The van der Waals surface area contributed by atoms with Crippen molar-refractivity contribution in [3.8, 4) is 11.9 Å². The second-order valence-corrected chi connectivity index (χ2v) is 3.16. The van der Waals surface area contributed by atoms with E-state index in [4.69, 9.17) is 10.00 Å². The highest BCUT2D eigenvalue weighted by atomic mass is 16.5. The predicted molar refractivity (Wildman–Crippen MR) is 56.8 cm³/mol. The van der Waals surface area contributed by atoms with Gasteiger partial charge in [-0.05, 0) is 6.07 Å². The lowest BCUT2D eigenvalue weighted by atomic mass is 10.2. The number of nitriles is 1. The van der Waals surface area contributed by atoms with Gasteiger partial charge in [-0.1, -0.05) is 6.07 Å². The summed E-state index contributed by atoms with van der Waals surface area (Å²) in [6.07, 6.45) is 5.02. The molecule has 0 amide bonds. The Labute approximate surface area is 92.9 Å². The average molecular weight is 214 g/mol. The Bertz CT molecular complexity index is 527. The standard InChI is InChI=1S/C11H10N4O/c1-16-11-9(3-2-4-14-11)8-15-6-5-13-10(15)7-12/h2-6H,8H2,1H3. The number of hydrogen-bond acceptors (Lipinski definition) is 4. The van der Waals surface area contributed by atoms with Gasteiger partial charge in [0.15, 0.2) is 0 Å². The van der Waals surface area contributed by atoms with Crippen LogP contribution >= 0.6 is 0 Å². The molecule has 80 valence electrons. The van der Waals surface area contributed by atoms with Crippen molar-refractivity contribution >= 4 is 0 Å². The molecule has 0 aliphatic rings. The molecule has 2 aromatic rings. The Morgan fingerprint density at radius 3 is 3.06 bits per heavy atom. The van der Waals surface area contributed by atoms with Crippen LogP contribution in [0, 0.1) is 11.3 Å². The highest BCUT2D eigenvalue weighted by Gasteiger charge is 2.06. The number of rotatable bonds is 3. The summed E-state index contributed by atoms with van der Waals surface area (Å²) in [4.78, 5) is 8.02. The van der Waals surface area contributed by atoms with Crippen LogP contribution < -0.4 is 4.74 Å². The molecular formula is C11H10N4O. The van der Waals surface area contributed by atoms with Gasteiger partial charge < -0.3 is 9.30 Å². The fourth-order valence-electron chi connectivity index (χ4n) is 1.46. The first-order valence-corrected chi connectivity index (χ1v) is 4.74. The summed E-state index contributed by atoms with van der Waals surface area (Å²) < 4.78 is 6.89. The fraction of sp³-hybridized carbons (Fsp3) is 0.182. The average Bonchev–Trinajstić information content (AvgIpc) is 2.77. The molecule has 0 aliphatic carbocycles. The molecule has 0 aromatic carbocycles. The van der Waals surface area contributed by atoms with Crippen molar-refractivity contribution < 1.29 is 4.74 Å². The van der Waals surface area contributed by atoms with Gasteiger partial charge in [0.1, 0.15) is 6.07 Å². The van der Waals surface area contributed by atoms with E-state index < -0.39 is 0 Å². The zero-order valence-electron chi connectivity index (χ0n) is 8.79. The molecule has 5 nitrogen and oxygen atoms in total. The highest BCUT2D eigenvalue weighted by molar-refractivity contribution is 5.26. The first kappa shape index (κ1) is 10.2. The van der Waals surface area contributed by atoms with E-state index >= 15 is 0 Å². The summed E-state index contributed by atoms with van der Waals surface area (Å²) >= 11 is 0. The number of methoxy groups -OCH3 is 1. The molecule has 0 fully saturated rings. The lowest BCUT2D eigenvalue weighted by Gasteiger charge is -2.07. The first-order valence-electron chi connectivity index (χ1n) is 4.74. The van der Waals surface area contributed by atoms with E-state index in [1.807, 2.05) is 18.2 Å². The number of nitrogens with zero attached hydrogens (tertiary/aromatic N) is 4. The van der Waals surface area contributed by atoms with E-state index in [9.17, 15) is 0 Å². The molecule has 5 heteroatoms. The van der Waals surface area contributed by atoms with Crippen LogP contribution in [0.15, 0.2) is 30.7 Å². The Morgan fingerprint density at radius 1 is 1.44 bits per heavy atom. The maximum absolute atomic E-state index is 8.83. The lowest BCUT2D eigenvalue weighted by molar-refractivity contribution is 0.391. The van der Waals surface area contributed by atoms with E-state index in [1.165, 1.54) is 0 Å². The van der Waals surface area contributed by atoms with Crippen molar-refractivity contribution in [3.63, 3.8) is 0 Å². The predicted octanol–water partition coefficient (Wildman–Crippen LogP) is 1.21. The van der Waals surface area contributed by atoms with Crippen molar-refractivity contribution in [2.45, 2.75) is 6.54 Å². The summed E-state index contributed by atoms with van der Waals surface area (Å²) in [7, 11) is 1.57. The van der Waals surface area contributed by atoms with Crippen LogP contribution in [0.25, 0.3) is 0 Å². The second kappa shape index (κ2) is 4.45. The second-order valence-electron chi connectivity index (χ2n) is 3.16. The third-order valence-electron chi connectivity index (χ3n) is 2.20. The zero-order chi connectivity index (χ0) is 11.4. The van der Waals surface area contributed by atoms with Crippen LogP contribution in [0.2, 0.25) is 0 Å². The monoisotopic (exact) mass is 214 g/mol. The topological polar surface area (TPSA) is 63.7 Å². The van der Waals surface area contributed by atoms with Gasteiger partial charge in [-0.3, -0.25) is 0 Å². The molecular weight excluding hydrogens is 204 g/mol. The minimum atomic E-state index is 0.380. The Hall–Kier alpha value is -2.35. The van der Waals surface area contributed by atoms with Gasteiger partial charge in [-0.2, -0.15) is 5.26 Å². The summed E-state index contributed by atoms with van der Waals surface area (Å²) in [6.45, 7) is 0.528. The van der Waals surface area contributed by atoms with Gasteiger partial charge >= 0.3 is 0 Å². The Morgan fingerprint density at radius 2 is 2.31 bits per heavy atom. The number of aromatic nitrogens is 3. The molecule has 0 bridgehead atoms. The number of ether oxygens (including phenoxy) is 1. The largest absolute Gasteiger partial charge is 0.481 e. The van der Waals surface area contributed by atoms with Gasteiger partial charge in [-0.25, -0.2) is 9.97 Å². The Kier molecular flexibility index (Phi) is 2.83. The molecule has 2 heterocycles. The summed E-state index contributed by atoms with van der Waals surface area (Å²) in [5.74, 6) is 0.950. The first-order chi connectivity index (χ1) is 7.85. The smallest absolute Gasteiger partial charge is 0.218 e. The minimum absolute atomic E-state index is 0.380. The lowest BCUT2D eigenvalue weighted by Crippen LogP contribution is -2.04. The van der Waals surface area contributed by atoms with Crippen LogP contribution in [0.4, 0.5) is 0 Å². The molecule has 0 saturated carbocycles. The Balaban J connectivity index is 2.31. The van der Waals surface area contributed by atoms with E-state index in [2.05, 4.69) is 9.97 Å². The molecule has 0 spiro atoms. The molecule has 2 aromatic heterocycles. The van der Waals surface area contributed by atoms with Gasteiger partial charge in [-0.15, -0.1) is 0 Å².